The maximum absolute atomic E-state index is 12.7. The second-order valence-corrected chi connectivity index (χ2v) is 2.90. The van der Waals surface area contributed by atoms with Gasteiger partial charge in [0.15, 0.2) is 0 Å². The van der Waals surface area contributed by atoms with Gasteiger partial charge in [-0.2, -0.15) is 0 Å². The first-order valence-corrected chi connectivity index (χ1v) is 4.19. The topological polar surface area (TPSA) is 38.4 Å². The molecule has 0 fully saturated rings. The highest BCUT2D eigenvalue weighted by Crippen LogP contribution is 2.03. The second kappa shape index (κ2) is 4.60. The fourth-order valence-electron chi connectivity index (χ4n) is 1.05. The molecule has 1 rings (SSSR count). The molecule has 0 spiro atoms. The van der Waals surface area contributed by atoms with E-state index in [9.17, 15) is 4.39 Å². The van der Waals surface area contributed by atoms with E-state index in [-0.39, 0.29) is 5.82 Å². The third kappa shape index (κ3) is 3.69. The highest BCUT2D eigenvalue weighted by molar-refractivity contribution is 5.77. The van der Waals surface area contributed by atoms with Crippen molar-refractivity contribution in [1.29, 1.82) is 0 Å². The molecule has 0 aliphatic carbocycles. The van der Waals surface area contributed by atoms with Crippen LogP contribution in [0.1, 0.15) is 12.5 Å². The van der Waals surface area contributed by atoms with E-state index in [1.807, 2.05) is 6.07 Å². The molecule has 1 aromatic carbocycles. The average Bonchev–Trinajstić information content (AvgIpc) is 2.03. The van der Waals surface area contributed by atoms with Crippen LogP contribution in [0.3, 0.4) is 0 Å². The van der Waals surface area contributed by atoms with E-state index in [0.717, 1.165) is 12.0 Å². The fraction of sp³-hybridized carbons (Fsp3) is 0.300. The van der Waals surface area contributed by atoms with Crippen LogP contribution in [-0.2, 0) is 6.42 Å². The van der Waals surface area contributed by atoms with Gasteiger partial charge in [0.05, 0.1) is 5.84 Å². The lowest BCUT2D eigenvalue weighted by molar-refractivity contribution is 0.625. The number of halogens is 1. The van der Waals surface area contributed by atoms with Gasteiger partial charge in [0, 0.05) is 6.54 Å². The van der Waals surface area contributed by atoms with Crippen molar-refractivity contribution in [1.82, 2.24) is 0 Å². The fourth-order valence-corrected chi connectivity index (χ4v) is 1.05. The first-order valence-electron chi connectivity index (χ1n) is 4.19. The average molecular weight is 180 g/mol. The molecule has 70 valence electrons. The third-order valence-electron chi connectivity index (χ3n) is 1.65. The number of hydrogen-bond acceptors (Lipinski definition) is 1. The van der Waals surface area contributed by atoms with Gasteiger partial charge in [0.1, 0.15) is 5.82 Å². The summed E-state index contributed by atoms with van der Waals surface area (Å²) in [5.41, 5.74) is 6.31. The van der Waals surface area contributed by atoms with E-state index in [1.54, 1.807) is 13.0 Å². The Hall–Kier alpha value is -1.38. The summed E-state index contributed by atoms with van der Waals surface area (Å²) in [5, 5.41) is 0. The molecular formula is C10H13FN2. The summed E-state index contributed by atoms with van der Waals surface area (Å²) >= 11 is 0. The van der Waals surface area contributed by atoms with Gasteiger partial charge in [-0.15, -0.1) is 0 Å². The van der Waals surface area contributed by atoms with E-state index in [4.69, 9.17) is 5.73 Å². The molecular weight excluding hydrogens is 167 g/mol. The Morgan fingerprint density at radius 2 is 2.31 bits per heavy atom. The molecule has 2 N–H and O–H groups in total. The molecule has 0 unspecified atom stereocenters. The van der Waals surface area contributed by atoms with Crippen LogP contribution in [0.15, 0.2) is 29.3 Å². The zero-order valence-corrected chi connectivity index (χ0v) is 7.63. The quantitative estimate of drug-likeness (QED) is 0.558. The van der Waals surface area contributed by atoms with Crippen LogP contribution in [-0.4, -0.2) is 12.4 Å². The zero-order chi connectivity index (χ0) is 9.68. The molecule has 0 radical (unpaired) electrons. The molecule has 13 heavy (non-hydrogen) atoms. The summed E-state index contributed by atoms with van der Waals surface area (Å²) in [5.74, 6) is 0.363. The Morgan fingerprint density at radius 1 is 1.54 bits per heavy atom. The molecule has 2 nitrogen and oxygen atoms in total. The van der Waals surface area contributed by atoms with E-state index >= 15 is 0 Å². The number of nitrogens with two attached hydrogens (primary N) is 1. The van der Waals surface area contributed by atoms with Crippen molar-refractivity contribution in [3.8, 4) is 0 Å². The van der Waals surface area contributed by atoms with Crippen molar-refractivity contribution in [2.24, 2.45) is 10.7 Å². The lowest BCUT2D eigenvalue weighted by Crippen LogP contribution is -2.06. The molecule has 0 aromatic heterocycles. The van der Waals surface area contributed by atoms with Gasteiger partial charge in [0.2, 0.25) is 0 Å². The number of nitrogens with zero attached hydrogens (tertiary/aromatic N) is 1. The van der Waals surface area contributed by atoms with Crippen molar-refractivity contribution in [3.63, 3.8) is 0 Å². The lowest BCUT2D eigenvalue weighted by Gasteiger charge is -1.98. The highest BCUT2D eigenvalue weighted by Gasteiger charge is 1.93. The first kappa shape index (κ1) is 9.71. The van der Waals surface area contributed by atoms with Crippen LogP contribution >= 0.6 is 0 Å². The maximum Gasteiger partial charge on any atom is 0.123 e. The van der Waals surface area contributed by atoms with Gasteiger partial charge in [0.25, 0.3) is 0 Å². The van der Waals surface area contributed by atoms with Crippen LogP contribution in [0.4, 0.5) is 4.39 Å². The van der Waals surface area contributed by atoms with Crippen LogP contribution in [0.2, 0.25) is 0 Å². The minimum Gasteiger partial charge on any atom is -0.388 e. The standard InChI is InChI=1S/C10H13FN2/c1-8(12)13-6-5-9-3-2-4-10(11)7-9/h2-4,7H,5-6H2,1H3,(H2,12,13). The molecule has 1 aromatic rings. The van der Waals surface area contributed by atoms with E-state index < -0.39 is 0 Å². The Morgan fingerprint density at radius 3 is 2.92 bits per heavy atom. The van der Waals surface area contributed by atoms with Crippen molar-refractivity contribution in [2.45, 2.75) is 13.3 Å². The number of rotatable bonds is 3. The second-order valence-electron chi connectivity index (χ2n) is 2.90. The van der Waals surface area contributed by atoms with E-state index in [0.29, 0.717) is 12.4 Å². The number of amidine groups is 1. The Balaban J connectivity index is 2.50. The number of aliphatic imine (C=N–C) groups is 1. The summed E-state index contributed by atoms with van der Waals surface area (Å²) in [4.78, 5) is 4.02. The molecule has 0 bridgehead atoms. The maximum atomic E-state index is 12.7. The third-order valence-corrected chi connectivity index (χ3v) is 1.65. The first-order chi connectivity index (χ1) is 6.18. The SMILES string of the molecule is CC(N)=NCCc1cccc(F)c1. The summed E-state index contributed by atoms with van der Waals surface area (Å²) in [6, 6.07) is 6.52. The number of hydrogen-bond donors (Lipinski definition) is 1. The monoisotopic (exact) mass is 180 g/mol. The van der Waals surface area contributed by atoms with Crippen LogP contribution < -0.4 is 5.73 Å². The van der Waals surface area contributed by atoms with E-state index in [1.165, 1.54) is 12.1 Å². The van der Waals surface area contributed by atoms with Gasteiger partial charge in [-0.1, -0.05) is 12.1 Å². The van der Waals surface area contributed by atoms with Crippen molar-refractivity contribution in [3.05, 3.63) is 35.6 Å². The van der Waals surface area contributed by atoms with Gasteiger partial charge in [-0.05, 0) is 31.0 Å². The minimum absolute atomic E-state index is 0.203. The van der Waals surface area contributed by atoms with Crippen molar-refractivity contribution in [2.75, 3.05) is 6.54 Å². The highest BCUT2D eigenvalue weighted by atomic mass is 19.1. The minimum atomic E-state index is -0.203. The zero-order valence-electron chi connectivity index (χ0n) is 7.63. The molecule has 0 heterocycles. The van der Waals surface area contributed by atoms with Gasteiger partial charge < -0.3 is 5.73 Å². The summed E-state index contributed by atoms with van der Waals surface area (Å²) < 4.78 is 12.7. The lowest BCUT2D eigenvalue weighted by atomic mass is 10.1. The van der Waals surface area contributed by atoms with Gasteiger partial charge in [-0.3, -0.25) is 4.99 Å². The normalized spacial score (nSPS) is 11.7. The molecule has 0 aliphatic heterocycles. The van der Waals surface area contributed by atoms with Crippen LogP contribution in [0.25, 0.3) is 0 Å². The Kier molecular flexibility index (Phi) is 3.43. The summed E-state index contributed by atoms with van der Waals surface area (Å²) in [6.45, 7) is 2.36. The predicted octanol–water partition coefficient (Wildman–Crippen LogP) is 1.75. The Bertz CT molecular complexity index is 304. The van der Waals surface area contributed by atoms with Crippen LogP contribution in [0.5, 0.6) is 0 Å². The van der Waals surface area contributed by atoms with Crippen molar-refractivity contribution >= 4 is 5.84 Å². The Labute approximate surface area is 77.3 Å². The number of benzene rings is 1. The summed E-state index contributed by atoms with van der Waals surface area (Å²) in [7, 11) is 0. The van der Waals surface area contributed by atoms with Crippen molar-refractivity contribution < 1.29 is 4.39 Å². The smallest absolute Gasteiger partial charge is 0.123 e. The molecule has 3 heteroatoms. The molecule has 0 amide bonds. The largest absolute Gasteiger partial charge is 0.388 e. The molecule has 0 saturated carbocycles. The molecule has 0 aliphatic rings. The van der Waals surface area contributed by atoms with Crippen LogP contribution in [0, 0.1) is 5.82 Å². The van der Waals surface area contributed by atoms with Gasteiger partial charge in [-0.25, -0.2) is 4.39 Å². The summed E-state index contributed by atoms with van der Waals surface area (Å²) in [6.07, 6.45) is 0.728. The predicted molar refractivity (Wildman–Crippen MR) is 52.3 cm³/mol. The van der Waals surface area contributed by atoms with Gasteiger partial charge >= 0.3 is 0 Å². The molecule has 0 saturated heterocycles. The molecule has 0 atom stereocenters. The van der Waals surface area contributed by atoms with E-state index in [2.05, 4.69) is 4.99 Å².